The van der Waals surface area contributed by atoms with Crippen molar-refractivity contribution < 1.29 is 23.8 Å². The Labute approximate surface area is 168 Å². The van der Waals surface area contributed by atoms with E-state index in [0.717, 1.165) is 36.1 Å². The van der Waals surface area contributed by atoms with Gasteiger partial charge in [-0.25, -0.2) is 4.79 Å². The number of benzene rings is 1. The zero-order chi connectivity index (χ0) is 20.1. The van der Waals surface area contributed by atoms with E-state index < -0.39 is 6.10 Å². The van der Waals surface area contributed by atoms with Crippen LogP contribution in [0.3, 0.4) is 0 Å². The van der Waals surface area contributed by atoms with E-state index >= 15 is 0 Å². The molecule has 0 spiro atoms. The van der Waals surface area contributed by atoms with Crippen molar-refractivity contribution in [2.24, 2.45) is 0 Å². The molecule has 6 nitrogen and oxygen atoms in total. The Hall–Kier alpha value is -2.54. The van der Waals surface area contributed by atoms with E-state index in [4.69, 9.17) is 14.2 Å². The fourth-order valence-electron chi connectivity index (χ4n) is 3.20. The van der Waals surface area contributed by atoms with Crippen LogP contribution < -0.4 is 14.8 Å². The summed E-state index contributed by atoms with van der Waals surface area (Å²) in [6.45, 7) is 3.75. The van der Waals surface area contributed by atoms with Gasteiger partial charge >= 0.3 is 5.97 Å². The number of thiophene rings is 1. The van der Waals surface area contributed by atoms with E-state index in [2.05, 4.69) is 5.32 Å². The average molecular weight is 404 g/mol. The van der Waals surface area contributed by atoms with Crippen LogP contribution in [0, 0.1) is 0 Å². The van der Waals surface area contributed by atoms with Gasteiger partial charge in [0.15, 0.2) is 6.10 Å². The number of hydrogen-bond donors (Lipinski definition) is 1. The Morgan fingerprint density at radius 3 is 2.50 bits per heavy atom. The summed E-state index contributed by atoms with van der Waals surface area (Å²) in [5.41, 5.74) is 1.53. The molecule has 1 aliphatic rings. The largest absolute Gasteiger partial charge is 0.497 e. The summed E-state index contributed by atoms with van der Waals surface area (Å²) in [7, 11) is 1.59. The van der Waals surface area contributed by atoms with Gasteiger partial charge in [0.05, 0.1) is 19.3 Å². The molecule has 0 bridgehead atoms. The third-order valence-electron chi connectivity index (χ3n) is 4.63. The van der Waals surface area contributed by atoms with Crippen LogP contribution in [0.25, 0.3) is 0 Å². The first-order valence-electron chi connectivity index (χ1n) is 9.46. The van der Waals surface area contributed by atoms with Crippen LogP contribution >= 0.6 is 11.3 Å². The number of ether oxygens (including phenoxy) is 3. The molecule has 1 aromatic heterocycles. The molecule has 0 aliphatic heterocycles. The number of methoxy groups -OCH3 is 1. The Kier molecular flexibility index (Phi) is 6.57. The van der Waals surface area contributed by atoms with Crippen LogP contribution in [-0.2, 0) is 22.4 Å². The average Bonchev–Trinajstić information content (AvgIpc) is 3.06. The summed E-state index contributed by atoms with van der Waals surface area (Å²) >= 11 is 1.47. The predicted octanol–water partition coefficient (Wildman–Crippen LogP) is 4.22. The van der Waals surface area contributed by atoms with E-state index in [1.807, 2.05) is 0 Å². The van der Waals surface area contributed by atoms with Crippen LogP contribution in [-0.4, -0.2) is 31.7 Å². The van der Waals surface area contributed by atoms with Crippen LogP contribution in [0.2, 0.25) is 0 Å². The Morgan fingerprint density at radius 1 is 1.14 bits per heavy atom. The van der Waals surface area contributed by atoms with E-state index in [0.29, 0.717) is 28.7 Å². The summed E-state index contributed by atoms with van der Waals surface area (Å²) in [5, 5.41) is 3.43. The molecule has 1 aliphatic carbocycles. The number of carbonyl (C=O) groups excluding carboxylic acids is 2. The summed E-state index contributed by atoms with van der Waals surface area (Å²) < 4.78 is 16.1. The highest BCUT2D eigenvalue weighted by atomic mass is 32.1. The second-order valence-electron chi connectivity index (χ2n) is 6.56. The first-order chi connectivity index (χ1) is 13.5. The molecule has 1 aromatic carbocycles. The predicted molar refractivity (Wildman–Crippen MR) is 109 cm³/mol. The van der Waals surface area contributed by atoms with Gasteiger partial charge < -0.3 is 19.5 Å². The minimum absolute atomic E-state index is 0.299. The SMILES string of the molecule is CCOC(=O)c1c(NC(=O)[C@H](C)Oc2ccc(OC)cc2)sc2c1CCCC2. The lowest BCUT2D eigenvalue weighted by atomic mass is 9.95. The molecule has 0 saturated heterocycles. The molecule has 2 aromatic rings. The number of esters is 1. The molecule has 0 saturated carbocycles. The molecule has 28 heavy (non-hydrogen) atoms. The number of hydrogen-bond acceptors (Lipinski definition) is 6. The van der Waals surface area contributed by atoms with Crippen LogP contribution in [0.5, 0.6) is 11.5 Å². The lowest BCUT2D eigenvalue weighted by Gasteiger charge is -2.15. The van der Waals surface area contributed by atoms with Crippen molar-refractivity contribution in [1.82, 2.24) is 0 Å². The van der Waals surface area contributed by atoms with Crippen molar-refractivity contribution in [2.75, 3.05) is 19.0 Å². The number of anilines is 1. The normalized spacial score (nSPS) is 14.0. The van der Waals surface area contributed by atoms with E-state index in [1.165, 1.54) is 11.3 Å². The van der Waals surface area contributed by atoms with Crippen molar-refractivity contribution in [3.63, 3.8) is 0 Å². The second-order valence-corrected chi connectivity index (χ2v) is 7.67. The molecular formula is C21H25NO5S. The number of nitrogens with one attached hydrogen (secondary N) is 1. The van der Waals surface area contributed by atoms with Crippen LogP contribution in [0.1, 0.15) is 47.5 Å². The fraction of sp³-hybridized carbons (Fsp3) is 0.429. The first kappa shape index (κ1) is 20.2. The minimum atomic E-state index is -0.720. The molecule has 1 atom stereocenters. The van der Waals surface area contributed by atoms with Crippen LogP contribution in [0.15, 0.2) is 24.3 Å². The molecule has 1 amide bonds. The zero-order valence-electron chi connectivity index (χ0n) is 16.4. The molecule has 7 heteroatoms. The van der Waals surface area contributed by atoms with Crippen molar-refractivity contribution >= 4 is 28.2 Å². The van der Waals surface area contributed by atoms with Gasteiger partial charge in [0.25, 0.3) is 5.91 Å². The number of fused-ring (bicyclic) bond motifs is 1. The molecule has 0 unspecified atom stereocenters. The topological polar surface area (TPSA) is 73.9 Å². The first-order valence-corrected chi connectivity index (χ1v) is 10.3. The molecule has 1 N–H and O–H groups in total. The summed E-state index contributed by atoms with van der Waals surface area (Å²) in [5.74, 6) is 0.605. The van der Waals surface area contributed by atoms with Crippen LogP contribution in [0.4, 0.5) is 5.00 Å². The van der Waals surface area contributed by atoms with E-state index in [9.17, 15) is 9.59 Å². The monoisotopic (exact) mass is 403 g/mol. The lowest BCUT2D eigenvalue weighted by Crippen LogP contribution is -2.30. The minimum Gasteiger partial charge on any atom is -0.497 e. The highest BCUT2D eigenvalue weighted by Gasteiger charge is 2.28. The molecule has 3 rings (SSSR count). The van der Waals surface area contributed by atoms with Crippen molar-refractivity contribution in [3.05, 3.63) is 40.3 Å². The van der Waals surface area contributed by atoms with Crippen molar-refractivity contribution in [2.45, 2.75) is 45.6 Å². The Bertz CT molecular complexity index is 843. The maximum atomic E-state index is 12.7. The molecular weight excluding hydrogens is 378 g/mol. The van der Waals surface area contributed by atoms with Gasteiger partial charge in [0.2, 0.25) is 0 Å². The summed E-state index contributed by atoms with van der Waals surface area (Å²) in [6.07, 6.45) is 3.19. The number of aryl methyl sites for hydroxylation is 1. The maximum Gasteiger partial charge on any atom is 0.341 e. The van der Waals surface area contributed by atoms with E-state index in [1.54, 1.807) is 45.2 Å². The standard InChI is InChI=1S/C21H25NO5S/c1-4-26-21(24)18-16-7-5-6-8-17(16)28-20(18)22-19(23)13(2)27-15-11-9-14(25-3)10-12-15/h9-13H,4-8H2,1-3H3,(H,22,23)/t13-/m0/s1. The summed E-state index contributed by atoms with van der Waals surface area (Å²) in [4.78, 5) is 26.3. The van der Waals surface area contributed by atoms with E-state index in [-0.39, 0.29) is 11.9 Å². The quantitative estimate of drug-likeness (QED) is 0.701. The Balaban J connectivity index is 1.75. The number of carbonyl (C=O) groups is 2. The zero-order valence-corrected chi connectivity index (χ0v) is 17.2. The van der Waals surface area contributed by atoms with Crippen molar-refractivity contribution in [1.29, 1.82) is 0 Å². The van der Waals surface area contributed by atoms with Gasteiger partial charge in [-0.1, -0.05) is 0 Å². The highest BCUT2D eigenvalue weighted by Crippen LogP contribution is 2.38. The van der Waals surface area contributed by atoms with Crippen molar-refractivity contribution in [3.8, 4) is 11.5 Å². The van der Waals surface area contributed by atoms with Gasteiger partial charge in [0.1, 0.15) is 16.5 Å². The van der Waals surface area contributed by atoms with Gasteiger partial charge in [0, 0.05) is 4.88 Å². The third-order valence-corrected chi connectivity index (χ3v) is 5.84. The van der Waals surface area contributed by atoms with Gasteiger partial charge in [-0.05, 0) is 69.4 Å². The highest BCUT2D eigenvalue weighted by molar-refractivity contribution is 7.17. The molecule has 150 valence electrons. The van der Waals surface area contributed by atoms with Gasteiger partial charge in [-0.2, -0.15) is 0 Å². The molecule has 1 heterocycles. The third kappa shape index (κ3) is 4.47. The van der Waals surface area contributed by atoms with Gasteiger partial charge in [-0.15, -0.1) is 11.3 Å². The smallest absolute Gasteiger partial charge is 0.341 e. The lowest BCUT2D eigenvalue weighted by molar-refractivity contribution is -0.122. The van der Waals surface area contributed by atoms with Gasteiger partial charge in [-0.3, -0.25) is 4.79 Å². The molecule has 0 fully saturated rings. The number of rotatable bonds is 7. The number of amides is 1. The molecule has 0 radical (unpaired) electrons. The maximum absolute atomic E-state index is 12.7. The second kappa shape index (κ2) is 9.10. The fourth-order valence-corrected chi connectivity index (χ4v) is 4.48. The summed E-state index contributed by atoms with van der Waals surface area (Å²) in [6, 6.07) is 7.03. The Morgan fingerprint density at radius 2 is 1.82 bits per heavy atom.